The van der Waals surface area contributed by atoms with Gasteiger partial charge in [0, 0.05) is 47.5 Å². The number of aromatic amines is 1. The lowest BCUT2D eigenvalue weighted by Crippen LogP contribution is -2.34. The molecule has 17 heavy (non-hydrogen) atoms. The molecule has 4 heteroatoms. The molecule has 0 spiro atoms. The Balaban J connectivity index is 1.95. The summed E-state index contributed by atoms with van der Waals surface area (Å²) in [5, 5.41) is 4.21. The van der Waals surface area contributed by atoms with Gasteiger partial charge in [-0.05, 0) is 25.5 Å². The number of piperidine rings is 1. The fourth-order valence-corrected chi connectivity index (χ4v) is 2.46. The highest BCUT2D eigenvalue weighted by atomic mass is 16.1. The Morgan fingerprint density at radius 1 is 1.47 bits per heavy atom. The second-order valence-electron chi connectivity index (χ2n) is 4.53. The minimum absolute atomic E-state index is 0.114. The lowest BCUT2D eigenvalue weighted by molar-refractivity contribution is 0.0901. The van der Waals surface area contributed by atoms with Crippen LogP contribution in [0.2, 0.25) is 0 Å². The van der Waals surface area contributed by atoms with Gasteiger partial charge in [0.1, 0.15) is 0 Å². The Morgan fingerprint density at radius 3 is 3.24 bits per heavy atom. The van der Waals surface area contributed by atoms with Crippen molar-refractivity contribution in [1.82, 2.24) is 15.3 Å². The molecule has 2 aromatic heterocycles. The zero-order valence-electron chi connectivity index (χ0n) is 9.57. The number of fused-ring (bicyclic) bond motifs is 1. The summed E-state index contributed by atoms with van der Waals surface area (Å²) in [5.74, 6) is 0.347. The molecule has 0 aromatic carbocycles. The van der Waals surface area contributed by atoms with E-state index in [1.807, 2.05) is 12.3 Å². The van der Waals surface area contributed by atoms with E-state index in [0.29, 0.717) is 0 Å². The maximum atomic E-state index is 12.4. The molecule has 0 aliphatic carbocycles. The van der Waals surface area contributed by atoms with Gasteiger partial charge in [0.25, 0.3) is 0 Å². The van der Waals surface area contributed by atoms with Gasteiger partial charge >= 0.3 is 0 Å². The molecule has 1 saturated heterocycles. The largest absolute Gasteiger partial charge is 0.360 e. The first-order valence-electron chi connectivity index (χ1n) is 6.02. The van der Waals surface area contributed by atoms with E-state index in [9.17, 15) is 4.79 Å². The normalized spacial score (nSPS) is 20.6. The highest BCUT2D eigenvalue weighted by Crippen LogP contribution is 2.22. The van der Waals surface area contributed by atoms with Gasteiger partial charge in [-0.3, -0.25) is 9.78 Å². The third-order valence-electron chi connectivity index (χ3n) is 3.42. The first-order valence-corrected chi connectivity index (χ1v) is 6.02. The molecule has 0 amide bonds. The SMILES string of the molecule is O=C(c1c[nH]c2ccncc12)C1CCCNC1. The van der Waals surface area contributed by atoms with E-state index in [4.69, 9.17) is 0 Å². The molecule has 1 fully saturated rings. The van der Waals surface area contributed by atoms with Crippen LogP contribution in [0.5, 0.6) is 0 Å². The number of nitrogens with one attached hydrogen (secondary N) is 2. The maximum Gasteiger partial charge on any atom is 0.169 e. The topological polar surface area (TPSA) is 57.8 Å². The van der Waals surface area contributed by atoms with Crippen LogP contribution in [0.15, 0.2) is 24.7 Å². The number of H-pyrrole nitrogens is 1. The molecule has 88 valence electrons. The molecule has 3 rings (SSSR count). The van der Waals surface area contributed by atoms with E-state index in [0.717, 1.165) is 42.4 Å². The van der Waals surface area contributed by atoms with Gasteiger partial charge in [0.15, 0.2) is 5.78 Å². The van der Waals surface area contributed by atoms with Gasteiger partial charge in [-0.1, -0.05) is 0 Å². The molecule has 1 aliphatic rings. The van der Waals surface area contributed by atoms with Crippen LogP contribution in [0.3, 0.4) is 0 Å². The van der Waals surface area contributed by atoms with Crippen molar-refractivity contribution in [3.8, 4) is 0 Å². The van der Waals surface area contributed by atoms with Crippen molar-refractivity contribution in [3.63, 3.8) is 0 Å². The Labute approximate surface area is 99.4 Å². The monoisotopic (exact) mass is 229 g/mol. The molecule has 0 saturated carbocycles. The van der Waals surface area contributed by atoms with Crippen molar-refractivity contribution in [2.24, 2.45) is 5.92 Å². The number of pyridine rings is 1. The number of aromatic nitrogens is 2. The zero-order valence-corrected chi connectivity index (χ0v) is 9.57. The molecular formula is C13H15N3O. The summed E-state index contributed by atoms with van der Waals surface area (Å²) < 4.78 is 0. The van der Waals surface area contributed by atoms with Crippen LogP contribution in [0.25, 0.3) is 10.9 Å². The standard InChI is InChI=1S/C13H15N3O/c17-13(9-2-1-4-14-6-9)11-8-16-12-3-5-15-7-10(11)12/h3,5,7-9,14,16H,1-2,4,6H2. The van der Waals surface area contributed by atoms with Crippen LogP contribution in [-0.2, 0) is 0 Å². The molecule has 0 bridgehead atoms. The molecule has 2 aromatic rings. The van der Waals surface area contributed by atoms with Crippen molar-refractivity contribution in [1.29, 1.82) is 0 Å². The van der Waals surface area contributed by atoms with Gasteiger partial charge < -0.3 is 10.3 Å². The lowest BCUT2D eigenvalue weighted by Gasteiger charge is -2.21. The van der Waals surface area contributed by atoms with Gasteiger partial charge in [-0.2, -0.15) is 0 Å². The summed E-state index contributed by atoms with van der Waals surface area (Å²) in [6.07, 6.45) is 7.36. The quantitative estimate of drug-likeness (QED) is 0.771. The molecule has 4 nitrogen and oxygen atoms in total. The summed E-state index contributed by atoms with van der Waals surface area (Å²) >= 11 is 0. The van der Waals surface area contributed by atoms with E-state index < -0.39 is 0 Å². The van der Waals surface area contributed by atoms with E-state index >= 15 is 0 Å². The number of nitrogens with zero attached hydrogens (tertiary/aromatic N) is 1. The average molecular weight is 229 g/mol. The summed E-state index contributed by atoms with van der Waals surface area (Å²) in [6, 6.07) is 1.89. The van der Waals surface area contributed by atoms with Gasteiger partial charge in [-0.25, -0.2) is 0 Å². The summed E-state index contributed by atoms with van der Waals surface area (Å²) in [6.45, 7) is 1.82. The summed E-state index contributed by atoms with van der Waals surface area (Å²) in [7, 11) is 0. The van der Waals surface area contributed by atoms with Crippen LogP contribution in [-0.4, -0.2) is 28.8 Å². The predicted octanol–water partition coefficient (Wildman–Crippen LogP) is 1.75. The van der Waals surface area contributed by atoms with Crippen LogP contribution in [0, 0.1) is 5.92 Å². The number of hydrogen-bond acceptors (Lipinski definition) is 3. The zero-order chi connectivity index (χ0) is 11.7. The fourth-order valence-electron chi connectivity index (χ4n) is 2.46. The van der Waals surface area contributed by atoms with Crippen LogP contribution in [0.4, 0.5) is 0 Å². The third kappa shape index (κ3) is 1.85. The third-order valence-corrected chi connectivity index (χ3v) is 3.42. The van der Waals surface area contributed by atoms with Crippen LogP contribution < -0.4 is 5.32 Å². The Hall–Kier alpha value is -1.68. The Bertz CT molecular complexity index is 540. The number of Topliss-reactive ketones (excluding diaryl/α,β-unsaturated/α-hetero) is 1. The van der Waals surface area contributed by atoms with Gasteiger partial charge in [0.2, 0.25) is 0 Å². The smallest absolute Gasteiger partial charge is 0.169 e. The van der Waals surface area contributed by atoms with Crippen molar-refractivity contribution < 1.29 is 4.79 Å². The molecule has 0 radical (unpaired) electrons. The highest BCUT2D eigenvalue weighted by Gasteiger charge is 2.24. The predicted molar refractivity (Wildman–Crippen MR) is 66.0 cm³/mol. The summed E-state index contributed by atoms with van der Waals surface area (Å²) in [4.78, 5) is 19.6. The molecule has 1 aliphatic heterocycles. The summed E-state index contributed by atoms with van der Waals surface area (Å²) in [5.41, 5.74) is 1.76. The molecular weight excluding hydrogens is 214 g/mol. The van der Waals surface area contributed by atoms with Crippen LogP contribution >= 0.6 is 0 Å². The number of carbonyl (C=O) groups is 1. The van der Waals surface area contributed by atoms with E-state index in [1.54, 1.807) is 12.4 Å². The minimum Gasteiger partial charge on any atom is -0.360 e. The molecule has 1 unspecified atom stereocenters. The molecule has 2 N–H and O–H groups in total. The van der Waals surface area contributed by atoms with Crippen LogP contribution in [0.1, 0.15) is 23.2 Å². The first kappa shape index (κ1) is 10.5. The number of rotatable bonds is 2. The fraction of sp³-hybridized carbons (Fsp3) is 0.385. The number of carbonyl (C=O) groups excluding carboxylic acids is 1. The van der Waals surface area contributed by atoms with Crippen molar-refractivity contribution in [2.45, 2.75) is 12.8 Å². The van der Waals surface area contributed by atoms with Crippen molar-refractivity contribution in [2.75, 3.05) is 13.1 Å². The molecule has 1 atom stereocenters. The van der Waals surface area contributed by atoms with Gasteiger partial charge in [-0.15, -0.1) is 0 Å². The Kier molecular flexibility index (Phi) is 2.65. The minimum atomic E-state index is 0.114. The second kappa shape index (κ2) is 4.30. The first-order chi connectivity index (χ1) is 8.36. The second-order valence-corrected chi connectivity index (χ2v) is 4.53. The van der Waals surface area contributed by atoms with E-state index in [1.165, 1.54) is 0 Å². The Morgan fingerprint density at radius 2 is 2.41 bits per heavy atom. The van der Waals surface area contributed by atoms with Gasteiger partial charge in [0.05, 0.1) is 0 Å². The van der Waals surface area contributed by atoms with Crippen molar-refractivity contribution in [3.05, 3.63) is 30.2 Å². The molecule has 3 heterocycles. The van der Waals surface area contributed by atoms with Crippen molar-refractivity contribution >= 4 is 16.7 Å². The lowest BCUT2D eigenvalue weighted by atomic mass is 9.91. The average Bonchev–Trinajstić information content (AvgIpc) is 2.83. The number of hydrogen-bond donors (Lipinski definition) is 2. The highest BCUT2D eigenvalue weighted by molar-refractivity contribution is 6.08. The van der Waals surface area contributed by atoms with E-state index in [-0.39, 0.29) is 11.7 Å². The maximum absolute atomic E-state index is 12.4. The number of ketones is 1. The van der Waals surface area contributed by atoms with E-state index in [2.05, 4.69) is 15.3 Å².